The second-order valence-corrected chi connectivity index (χ2v) is 27.3. The first-order valence-corrected chi connectivity index (χ1v) is 31.5. The highest BCUT2D eigenvalue weighted by Gasteiger charge is 2.54. The largest absolute Gasteiger partial charge is 0.311 e. The van der Waals surface area contributed by atoms with E-state index >= 15 is 0 Å². The Labute approximate surface area is 515 Å². The van der Waals surface area contributed by atoms with E-state index in [4.69, 9.17) is 0 Å². The van der Waals surface area contributed by atoms with Crippen molar-refractivity contribution in [2.45, 2.75) is 59.3 Å². The summed E-state index contributed by atoms with van der Waals surface area (Å²) in [6, 6.07) is 96.3. The molecule has 0 saturated carbocycles. The molecule has 87 heavy (non-hydrogen) atoms. The summed E-state index contributed by atoms with van der Waals surface area (Å²) >= 11 is 2.04. The van der Waals surface area contributed by atoms with Gasteiger partial charge in [0.15, 0.2) is 0 Å². The Bertz CT molecular complexity index is 4700. The van der Waals surface area contributed by atoms with E-state index in [0.29, 0.717) is 0 Å². The van der Waals surface area contributed by atoms with Gasteiger partial charge < -0.3 is 24.5 Å². The number of para-hydroxylation sites is 4. The SMILES string of the molecule is Cc1cc2c3c(c1)N1c4ccccc4N4c5cc(N(c6ccccc6)c6ccccc6)cc6c5B(c5ccc(-c7ccccc7)cc5N6c5ccc(C(C)(C)C)cc5)c5sc(c1c54)B3c1cc(-c3ccccc3)ccc1N2c1ccc(C(C)(C)C)cc1. The number of anilines is 15. The summed E-state index contributed by atoms with van der Waals surface area (Å²) in [5, 5.41) is 0. The first kappa shape index (κ1) is 51.7. The topological polar surface area (TPSA) is 16.2 Å². The molecule has 12 aromatic rings. The fourth-order valence-electron chi connectivity index (χ4n) is 14.8. The molecule has 0 spiro atoms. The molecule has 11 aromatic carbocycles. The monoisotopic (exact) mass is 1140 g/mol. The smallest absolute Gasteiger partial charge is 0.264 e. The van der Waals surface area contributed by atoms with Crippen LogP contribution in [-0.4, -0.2) is 13.4 Å². The predicted octanol–water partition coefficient (Wildman–Crippen LogP) is 17.9. The van der Waals surface area contributed by atoms with Crippen molar-refractivity contribution in [2.75, 3.05) is 24.5 Å². The van der Waals surface area contributed by atoms with Gasteiger partial charge in [-0.25, -0.2) is 0 Å². The highest BCUT2D eigenvalue weighted by atomic mass is 32.1. The van der Waals surface area contributed by atoms with Crippen LogP contribution >= 0.6 is 11.3 Å². The summed E-state index contributed by atoms with van der Waals surface area (Å²) < 4.78 is 2.74. The van der Waals surface area contributed by atoms with Crippen molar-refractivity contribution in [3.63, 3.8) is 0 Å². The lowest BCUT2D eigenvalue weighted by atomic mass is 9.35. The highest BCUT2D eigenvalue weighted by Crippen LogP contribution is 2.60. The van der Waals surface area contributed by atoms with Gasteiger partial charge in [-0.1, -0.05) is 199 Å². The van der Waals surface area contributed by atoms with E-state index in [-0.39, 0.29) is 24.3 Å². The molecule has 0 radical (unpaired) electrons. The van der Waals surface area contributed by atoms with Crippen molar-refractivity contribution in [1.82, 2.24) is 0 Å². The maximum Gasteiger partial charge on any atom is 0.264 e. The normalized spacial score (nSPS) is 13.8. The zero-order chi connectivity index (χ0) is 58.6. The minimum atomic E-state index is -0.106. The molecule has 0 amide bonds. The number of thiophene rings is 1. The van der Waals surface area contributed by atoms with Crippen LogP contribution in [0.3, 0.4) is 0 Å². The third kappa shape index (κ3) is 7.86. The molecule has 5 aliphatic heterocycles. The van der Waals surface area contributed by atoms with Crippen LogP contribution in [0.1, 0.15) is 58.2 Å². The molecule has 5 nitrogen and oxygen atoms in total. The molecule has 5 aliphatic rings. The minimum Gasteiger partial charge on any atom is -0.311 e. The van der Waals surface area contributed by atoms with Crippen LogP contribution in [0.2, 0.25) is 0 Å². The Kier molecular flexibility index (Phi) is 11.4. The number of fused-ring (bicyclic) bond motifs is 11. The first-order valence-electron chi connectivity index (χ1n) is 30.6. The van der Waals surface area contributed by atoms with E-state index in [1.54, 1.807) is 0 Å². The average Bonchev–Trinajstić information content (AvgIpc) is 1.62. The molecule has 416 valence electrons. The molecule has 0 aliphatic carbocycles. The van der Waals surface area contributed by atoms with E-state index in [1.165, 1.54) is 122 Å². The summed E-state index contributed by atoms with van der Waals surface area (Å²) in [5.74, 6) is 0. The molecule has 1 aromatic heterocycles. The molecule has 0 atom stereocenters. The molecule has 0 saturated heterocycles. The summed E-state index contributed by atoms with van der Waals surface area (Å²) in [6.07, 6.45) is 0. The molecule has 17 rings (SSSR count). The van der Waals surface area contributed by atoms with Crippen LogP contribution in [0.4, 0.5) is 85.3 Å². The third-order valence-corrected chi connectivity index (χ3v) is 20.1. The summed E-state index contributed by atoms with van der Waals surface area (Å²) in [5.41, 5.74) is 31.6. The third-order valence-electron chi connectivity index (χ3n) is 18.8. The van der Waals surface area contributed by atoms with Gasteiger partial charge in [-0.05, 0) is 176 Å². The fraction of sp³-hybridized carbons (Fsp3) is 0.114. The van der Waals surface area contributed by atoms with Crippen molar-refractivity contribution < 1.29 is 0 Å². The van der Waals surface area contributed by atoms with Crippen LogP contribution in [0, 0.1) is 6.92 Å². The van der Waals surface area contributed by atoms with Crippen LogP contribution in [0.5, 0.6) is 0 Å². The number of hydrogen-bond donors (Lipinski definition) is 0. The van der Waals surface area contributed by atoms with Gasteiger partial charge in [-0.15, -0.1) is 0 Å². The van der Waals surface area contributed by atoms with Crippen LogP contribution in [0.25, 0.3) is 22.3 Å². The number of aryl methyl sites for hydroxylation is 1. The lowest BCUT2D eigenvalue weighted by Crippen LogP contribution is -2.61. The number of rotatable bonds is 7. The van der Waals surface area contributed by atoms with Gasteiger partial charge in [0.2, 0.25) is 0 Å². The van der Waals surface area contributed by atoms with E-state index in [1.807, 2.05) is 11.3 Å². The van der Waals surface area contributed by atoms with Crippen LogP contribution < -0.4 is 55.9 Å². The quantitative estimate of drug-likeness (QED) is 0.147. The predicted molar refractivity (Wildman–Crippen MR) is 374 cm³/mol. The van der Waals surface area contributed by atoms with Crippen LogP contribution in [-0.2, 0) is 10.8 Å². The van der Waals surface area contributed by atoms with E-state index in [2.05, 4.69) is 328 Å². The Balaban J connectivity index is 0.984. The van der Waals surface area contributed by atoms with Gasteiger partial charge in [-0.3, -0.25) is 0 Å². The fourth-order valence-corrected chi connectivity index (χ4v) is 16.3. The molecule has 0 bridgehead atoms. The molecule has 0 fully saturated rings. The Morgan fingerprint density at radius 2 is 0.736 bits per heavy atom. The number of hydrogen-bond acceptors (Lipinski definition) is 6. The lowest BCUT2D eigenvalue weighted by Gasteiger charge is -2.49. The highest BCUT2D eigenvalue weighted by molar-refractivity contribution is 7.39. The zero-order valence-electron chi connectivity index (χ0n) is 50.0. The molecular formula is C79H63B2N5S. The van der Waals surface area contributed by atoms with Crippen molar-refractivity contribution in [3.05, 3.63) is 271 Å². The molecular weight excluding hydrogens is 1070 g/mol. The number of nitrogens with zero attached hydrogens (tertiary/aromatic N) is 5. The molecule has 6 heterocycles. The maximum absolute atomic E-state index is 2.68. The standard InChI is InChI=1S/C79H63B2N5S/c1-50-44-68-72-69(45-50)85-65-30-20-21-31-66(65)86-71-49-61(82(57-26-16-10-17-27-57)58-28-18-11-19-29-58)48-70-73(71)80(62-42-32-54(52-24-14-9-15-25-52)47-67(62)84(70)60-40-36-56(37-41-60)79(5,6)7)76-74(86)75(85)77(87-76)81(72)63-46-53(51-22-12-8-13-23-51)33-43-64(63)83(68)59-38-34-55(35-39-59)78(2,3)4/h8-49H,1-7H3. The van der Waals surface area contributed by atoms with Gasteiger partial charge in [-0.2, -0.15) is 11.3 Å². The van der Waals surface area contributed by atoms with Crippen molar-refractivity contribution in [2.24, 2.45) is 0 Å². The van der Waals surface area contributed by atoms with E-state index < -0.39 is 0 Å². The van der Waals surface area contributed by atoms with Crippen LogP contribution in [0.15, 0.2) is 255 Å². The number of benzene rings is 11. The summed E-state index contributed by atoms with van der Waals surface area (Å²) in [4.78, 5) is 13.0. The Morgan fingerprint density at radius 3 is 1.24 bits per heavy atom. The van der Waals surface area contributed by atoms with Crippen molar-refractivity contribution >= 4 is 141 Å². The minimum absolute atomic E-state index is 0.0177. The maximum atomic E-state index is 2.68. The lowest BCUT2D eigenvalue weighted by molar-refractivity contribution is 0.590. The molecule has 8 heteroatoms. The van der Waals surface area contributed by atoms with Gasteiger partial charge in [0.1, 0.15) is 0 Å². The molecule has 0 N–H and O–H groups in total. The van der Waals surface area contributed by atoms with Gasteiger partial charge in [0.25, 0.3) is 13.4 Å². The van der Waals surface area contributed by atoms with Gasteiger partial charge in [0.05, 0.1) is 28.4 Å². The second-order valence-electron chi connectivity index (χ2n) is 26.2. The summed E-state index contributed by atoms with van der Waals surface area (Å²) in [6.45, 7) is 15.9. The second kappa shape index (κ2) is 19.1. The first-order chi connectivity index (χ1) is 42.4. The van der Waals surface area contributed by atoms with Crippen molar-refractivity contribution in [3.8, 4) is 22.3 Å². The Hall–Kier alpha value is -9.75. The van der Waals surface area contributed by atoms with E-state index in [0.717, 1.165) is 34.1 Å². The Morgan fingerprint density at radius 1 is 0.322 bits per heavy atom. The van der Waals surface area contributed by atoms with Crippen molar-refractivity contribution in [1.29, 1.82) is 0 Å². The van der Waals surface area contributed by atoms with Gasteiger partial charge >= 0.3 is 0 Å². The summed E-state index contributed by atoms with van der Waals surface area (Å²) in [7, 11) is 0. The van der Waals surface area contributed by atoms with Gasteiger partial charge in [0, 0.05) is 66.4 Å². The average molecular weight is 1140 g/mol. The van der Waals surface area contributed by atoms with E-state index in [9.17, 15) is 0 Å². The zero-order valence-corrected chi connectivity index (χ0v) is 50.9. The molecule has 0 unspecified atom stereocenters.